The van der Waals surface area contributed by atoms with E-state index in [9.17, 15) is 13.2 Å². The molecule has 0 spiro atoms. The SMILES string of the molecule is COc1ccc(S(=O)(=O)N[C@H](Cc2ccccc2)C(=O)Nc2cccc(Cl)c2)cc1C. The Morgan fingerprint density at radius 1 is 1.03 bits per heavy atom. The standard InChI is InChI=1S/C23H23ClN2O4S/c1-16-13-20(11-12-22(16)30-2)31(28,29)26-21(14-17-7-4-3-5-8-17)23(27)25-19-10-6-9-18(24)15-19/h3-13,15,21,26H,14H2,1-2H3,(H,25,27)/t21-/m1/s1. The third-order valence-corrected chi connectivity index (χ3v) is 6.37. The summed E-state index contributed by atoms with van der Waals surface area (Å²) >= 11 is 5.99. The smallest absolute Gasteiger partial charge is 0.242 e. The molecular weight excluding hydrogens is 436 g/mol. The summed E-state index contributed by atoms with van der Waals surface area (Å²) in [6, 6.07) is 19.4. The van der Waals surface area contributed by atoms with Crippen LogP contribution in [0.15, 0.2) is 77.7 Å². The maximum Gasteiger partial charge on any atom is 0.242 e. The minimum absolute atomic E-state index is 0.0550. The highest BCUT2D eigenvalue weighted by atomic mass is 35.5. The maximum atomic E-state index is 13.0. The molecule has 31 heavy (non-hydrogen) atoms. The number of benzene rings is 3. The van der Waals surface area contributed by atoms with E-state index >= 15 is 0 Å². The molecule has 3 aromatic carbocycles. The lowest BCUT2D eigenvalue weighted by Crippen LogP contribution is -2.45. The Labute approximate surface area is 187 Å². The molecule has 6 nitrogen and oxygen atoms in total. The summed E-state index contributed by atoms with van der Waals surface area (Å²) in [6.45, 7) is 1.76. The topological polar surface area (TPSA) is 84.5 Å². The number of sulfonamides is 1. The van der Waals surface area contributed by atoms with Gasteiger partial charge in [0.15, 0.2) is 0 Å². The van der Waals surface area contributed by atoms with Crippen molar-refractivity contribution in [1.82, 2.24) is 4.72 Å². The second kappa shape index (κ2) is 9.96. The van der Waals surface area contributed by atoms with Gasteiger partial charge in [0.2, 0.25) is 15.9 Å². The zero-order valence-corrected chi connectivity index (χ0v) is 18.7. The molecule has 0 fully saturated rings. The van der Waals surface area contributed by atoms with Crippen LogP contribution in [0.1, 0.15) is 11.1 Å². The van der Waals surface area contributed by atoms with Gasteiger partial charge in [-0.2, -0.15) is 4.72 Å². The normalized spacial score (nSPS) is 12.2. The van der Waals surface area contributed by atoms with Crippen LogP contribution in [0.4, 0.5) is 5.69 Å². The summed E-state index contributed by atoms with van der Waals surface area (Å²) in [4.78, 5) is 13.1. The molecule has 1 amide bonds. The molecule has 8 heteroatoms. The third-order valence-electron chi connectivity index (χ3n) is 4.67. The zero-order valence-electron chi connectivity index (χ0n) is 17.1. The number of halogens is 1. The molecule has 3 rings (SSSR count). The number of ether oxygens (including phenoxy) is 1. The van der Waals surface area contributed by atoms with Gasteiger partial charge < -0.3 is 10.1 Å². The average Bonchev–Trinajstić information content (AvgIpc) is 2.74. The van der Waals surface area contributed by atoms with Crippen LogP contribution < -0.4 is 14.8 Å². The fraction of sp³-hybridized carbons (Fsp3) is 0.174. The molecule has 0 unspecified atom stereocenters. The molecule has 2 N–H and O–H groups in total. The van der Waals surface area contributed by atoms with Gasteiger partial charge in [0.1, 0.15) is 11.8 Å². The molecule has 0 bridgehead atoms. The predicted molar refractivity (Wildman–Crippen MR) is 122 cm³/mol. The Morgan fingerprint density at radius 3 is 2.42 bits per heavy atom. The lowest BCUT2D eigenvalue weighted by atomic mass is 10.1. The molecule has 162 valence electrons. The molecule has 0 heterocycles. The first kappa shape index (κ1) is 22.8. The molecule has 0 aromatic heterocycles. The lowest BCUT2D eigenvalue weighted by Gasteiger charge is -2.19. The predicted octanol–water partition coefficient (Wildman–Crippen LogP) is 4.19. The molecule has 0 aliphatic carbocycles. The Bertz CT molecular complexity index is 1170. The average molecular weight is 459 g/mol. The van der Waals surface area contributed by atoms with Crippen molar-refractivity contribution in [2.45, 2.75) is 24.3 Å². The van der Waals surface area contributed by atoms with E-state index in [0.29, 0.717) is 22.0 Å². The number of carbonyl (C=O) groups excluding carboxylic acids is 1. The fourth-order valence-corrected chi connectivity index (χ4v) is 4.58. The van der Waals surface area contributed by atoms with Gasteiger partial charge in [0.25, 0.3) is 0 Å². The Morgan fingerprint density at radius 2 is 1.77 bits per heavy atom. The third kappa shape index (κ3) is 6.07. The van der Waals surface area contributed by atoms with Crippen molar-refractivity contribution in [3.8, 4) is 5.75 Å². The van der Waals surface area contributed by atoms with E-state index in [1.807, 2.05) is 30.3 Å². The minimum atomic E-state index is -3.96. The van der Waals surface area contributed by atoms with Crippen LogP contribution in [-0.4, -0.2) is 27.5 Å². The molecule has 3 aromatic rings. The lowest BCUT2D eigenvalue weighted by molar-refractivity contribution is -0.117. The van der Waals surface area contributed by atoms with Gasteiger partial charge in [-0.3, -0.25) is 4.79 Å². The van der Waals surface area contributed by atoms with Gasteiger partial charge in [-0.05, 0) is 60.9 Å². The van der Waals surface area contributed by atoms with Crippen molar-refractivity contribution >= 4 is 33.2 Å². The highest BCUT2D eigenvalue weighted by Gasteiger charge is 2.26. The van der Waals surface area contributed by atoms with Crippen LogP contribution in [0.3, 0.4) is 0 Å². The Kier molecular flexibility index (Phi) is 7.33. The quantitative estimate of drug-likeness (QED) is 0.530. The van der Waals surface area contributed by atoms with Crippen molar-refractivity contribution in [1.29, 1.82) is 0 Å². The van der Waals surface area contributed by atoms with E-state index in [2.05, 4.69) is 10.0 Å². The van der Waals surface area contributed by atoms with E-state index in [4.69, 9.17) is 16.3 Å². The van der Waals surface area contributed by atoms with Crippen LogP contribution in [0, 0.1) is 6.92 Å². The first-order valence-corrected chi connectivity index (χ1v) is 11.4. The van der Waals surface area contributed by atoms with Crippen LogP contribution in [-0.2, 0) is 21.2 Å². The van der Waals surface area contributed by atoms with Gasteiger partial charge >= 0.3 is 0 Å². The number of aryl methyl sites for hydroxylation is 1. The number of amides is 1. The summed E-state index contributed by atoms with van der Waals surface area (Å²) in [5.41, 5.74) is 1.98. The summed E-state index contributed by atoms with van der Waals surface area (Å²) in [5.74, 6) is 0.0958. The van der Waals surface area contributed by atoms with Crippen molar-refractivity contribution in [3.63, 3.8) is 0 Å². The molecule has 0 saturated carbocycles. The molecule has 1 atom stereocenters. The summed E-state index contributed by atoms with van der Waals surface area (Å²) < 4.78 is 33.8. The van der Waals surface area contributed by atoms with E-state index in [0.717, 1.165) is 5.56 Å². The number of hydrogen-bond acceptors (Lipinski definition) is 4. The van der Waals surface area contributed by atoms with Gasteiger partial charge in [0.05, 0.1) is 12.0 Å². The van der Waals surface area contributed by atoms with Crippen LogP contribution in [0.25, 0.3) is 0 Å². The van der Waals surface area contributed by atoms with Crippen molar-refractivity contribution in [2.24, 2.45) is 0 Å². The molecular formula is C23H23ClN2O4S. The second-order valence-corrected chi connectivity index (χ2v) is 9.15. The highest BCUT2D eigenvalue weighted by molar-refractivity contribution is 7.89. The van der Waals surface area contributed by atoms with Crippen LogP contribution in [0.2, 0.25) is 5.02 Å². The molecule has 0 saturated heterocycles. The van der Waals surface area contributed by atoms with E-state index in [-0.39, 0.29) is 11.3 Å². The Hall–Kier alpha value is -2.87. The summed E-state index contributed by atoms with van der Waals surface area (Å²) in [6.07, 6.45) is 0.182. The minimum Gasteiger partial charge on any atom is -0.496 e. The number of methoxy groups -OCH3 is 1. The number of anilines is 1. The van der Waals surface area contributed by atoms with E-state index in [1.54, 1.807) is 37.3 Å². The molecule has 0 radical (unpaired) electrons. The van der Waals surface area contributed by atoms with E-state index in [1.165, 1.54) is 19.2 Å². The maximum absolute atomic E-state index is 13.0. The fourth-order valence-electron chi connectivity index (χ4n) is 3.11. The molecule has 0 aliphatic heterocycles. The van der Waals surface area contributed by atoms with Crippen molar-refractivity contribution < 1.29 is 17.9 Å². The Balaban J connectivity index is 1.88. The van der Waals surface area contributed by atoms with Crippen molar-refractivity contribution in [2.75, 3.05) is 12.4 Å². The first-order chi connectivity index (χ1) is 14.8. The monoisotopic (exact) mass is 458 g/mol. The largest absolute Gasteiger partial charge is 0.496 e. The molecule has 0 aliphatic rings. The second-order valence-electron chi connectivity index (χ2n) is 6.99. The first-order valence-electron chi connectivity index (χ1n) is 9.56. The van der Waals surface area contributed by atoms with Crippen LogP contribution >= 0.6 is 11.6 Å². The van der Waals surface area contributed by atoms with Crippen LogP contribution in [0.5, 0.6) is 5.75 Å². The van der Waals surface area contributed by atoms with Gasteiger partial charge in [-0.1, -0.05) is 48.0 Å². The number of rotatable bonds is 8. The number of carbonyl (C=O) groups is 1. The number of hydrogen-bond donors (Lipinski definition) is 2. The number of nitrogens with one attached hydrogen (secondary N) is 2. The van der Waals surface area contributed by atoms with Gasteiger partial charge in [-0.15, -0.1) is 0 Å². The summed E-state index contributed by atoms with van der Waals surface area (Å²) in [5, 5.41) is 3.20. The van der Waals surface area contributed by atoms with Gasteiger partial charge in [-0.25, -0.2) is 8.42 Å². The highest BCUT2D eigenvalue weighted by Crippen LogP contribution is 2.22. The zero-order chi connectivity index (χ0) is 22.4. The van der Waals surface area contributed by atoms with E-state index < -0.39 is 22.0 Å². The van der Waals surface area contributed by atoms with Gasteiger partial charge in [0, 0.05) is 10.7 Å². The summed E-state index contributed by atoms with van der Waals surface area (Å²) in [7, 11) is -2.45. The van der Waals surface area contributed by atoms with Crippen molar-refractivity contribution in [3.05, 3.63) is 88.9 Å².